The van der Waals surface area contributed by atoms with Crippen molar-refractivity contribution in [3.63, 3.8) is 0 Å². The highest BCUT2D eigenvalue weighted by Crippen LogP contribution is 2.33. The fraction of sp³-hybridized carbons (Fsp3) is 0.300. The summed E-state index contributed by atoms with van der Waals surface area (Å²) in [6.07, 6.45) is -3.82. The van der Waals surface area contributed by atoms with Crippen LogP contribution < -0.4 is 16.0 Å². The number of fused-ring (bicyclic) bond motifs is 1. The second-order valence-electron chi connectivity index (χ2n) is 7.27. The second-order valence-corrected chi connectivity index (χ2v) is 7.68. The Bertz CT molecular complexity index is 1300. The van der Waals surface area contributed by atoms with E-state index in [4.69, 9.17) is 11.6 Å². The third kappa shape index (κ3) is 4.20. The number of carbonyl (C=O) groups is 1. The first kappa shape index (κ1) is 21.9. The van der Waals surface area contributed by atoms with Gasteiger partial charge in [-0.2, -0.15) is 13.2 Å². The van der Waals surface area contributed by atoms with Gasteiger partial charge in [0.15, 0.2) is 0 Å². The lowest BCUT2D eigenvalue weighted by Crippen LogP contribution is -2.50. The minimum Gasteiger partial charge on any atom is -0.352 e. The van der Waals surface area contributed by atoms with Gasteiger partial charge in [0.1, 0.15) is 12.4 Å². The summed E-state index contributed by atoms with van der Waals surface area (Å²) < 4.78 is 39.4. The monoisotopic (exact) mass is 467 g/mol. The van der Waals surface area contributed by atoms with E-state index in [1.165, 1.54) is 17.0 Å². The number of H-pyrrole nitrogens is 1. The summed E-state index contributed by atoms with van der Waals surface area (Å²) in [6.45, 7) is 0.771. The zero-order valence-corrected chi connectivity index (χ0v) is 17.3. The number of carbonyl (C=O) groups excluding carboxylic acids is 1. The van der Waals surface area contributed by atoms with Crippen LogP contribution in [0.4, 0.5) is 19.0 Å². The molecule has 0 atom stereocenters. The van der Waals surface area contributed by atoms with Crippen LogP contribution in [0, 0.1) is 0 Å². The molecule has 0 bridgehead atoms. The number of amides is 1. The maximum Gasteiger partial charge on any atom is 0.417 e. The van der Waals surface area contributed by atoms with Gasteiger partial charge in [-0.3, -0.25) is 19.5 Å². The molecule has 1 fully saturated rings. The summed E-state index contributed by atoms with van der Waals surface area (Å²) in [5, 5.41) is 2.76. The molecule has 0 unspecified atom stereocenters. The predicted molar refractivity (Wildman–Crippen MR) is 112 cm³/mol. The lowest BCUT2D eigenvalue weighted by Gasteiger charge is -2.35. The normalized spacial score (nSPS) is 14.8. The number of pyridine rings is 1. The highest BCUT2D eigenvalue weighted by molar-refractivity contribution is 6.33. The van der Waals surface area contributed by atoms with Crippen molar-refractivity contribution in [2.75, 3.05) is 31.1 Å². The second kappa shape index (κ2) is 8.30. The van der Waals surface area contributed by atoms with Gasteiger partial charge in [0.2, 0.25) is 5.91 Å². The number of hydrogen-bond donors (Lipinski definition) is 1. The predicted octanol–water partition coefficient (Wildman–Crippen LogP) is 2.11. The molecule has 3 aromatic rings. The Morgan fingerprint density at radius 1 is 1.09 bits per heavy atom. The molecular weight excluding hydrogens is 451 g/mol. The Hall–Kier alpha value is -3.34. The molecule has 1 amide bonds. The summed E-state index contributed by atoms with van der Waals surface area (Å²) in [5.74, 6) is -0.161. The number of halogens is 4. The number of rotatable bonds is 3. The number of piperazine rings is 1. The van der Waals surface area contributed by atoms with Gasteiger partial charge >= 0.3 is 6.18 Å². The Balaban J connectivity index is 1.45. The smallest absolute Gasteiger partial charge is 0.352 e. The number of benzene rings is 1. The molecule has 12 heteroatoms. The molecule has 1 N–H and O–H groups in total. The highest BCUT2D eigenvalue weighted by Gasteiger charge is 2.32. The van der Waals surface area contributed by atoms with E-state index >= 15 is 0 Å². The molecule has 32 heavy (non-hydrogen) atoms. The van der Waals surface area contributed by atoms with Crippen molar-refractivity contribution < 1.29 is 18.0 Å². The van der Waals surface area contributed by atoms with E-state index in [0.29, 0.717) is 13.1 Å². The van der Waals surface area contributed by atoms with Crippen LogP contribution >= 0.6 is 11.6 Å². The summed E-state index contributed by atoms with van der Waals surface area (Å²) in [6, 6.07) is 7.15. The molecule has 3 heterocycles. The van der Waals surface area contributed by atoms with Crippen LogP contribution in [-0.4, -0.2) is 51.8 Å². The molecule has 8 nitrogen and oxygen atoms in total. The van der Waals surface area contributed by atoms with Gasteiger partial charge in [-0.1, -0.05) is 23.7 Å². The average Bonchev–Trinajstić information content (AvgIpc) is 2.77. The molecule has 168 valence electrons. The number of hydrogen-bond acceptors (Lipinski definition) is 5. The van der Waals surface area contributed by atoms with Crippen LogP contribution in [0.2, 0.25) is 5.02 Å². The van der Waals surface area contributed by atoms with Gasteiger partial charge in [-0.05, 0) is 18.2 Å². The minimum absolute atomic E-state index is 0.125. The van der Waals surface area contributed by atoms with Crippen LogP contribution in [0.5, 0.6) is 0 Å². The van der Waals surface area contributed by atoms with E-state index in [0.717, 1.165) is 16.9 Å². The Morgan fingerprint density at radius 3 is 2.38 bits per heavy atom. The quantitative estimate of drug-likeness (QED) is 0.637. The van der Waals surface area contributed by atoms with Gasteiger partial charge in [0.05, 0.1) is 21.4 Å². The zero-order valence-electron chi connectivity index (χ0n) is 16.5. The Labute approximate surface area is 183 Å². The van der Waals surface area contributed by atoms with Crippen LogP contribution in [-0.2, 0) is 17.5 Å². The molecule has 2 aromatic heterocycles. The molecule has 0 aliphatic carbocycles. The van der Waals surface area contributed by atoms with Crippen molar-refractivity contribution in [1.82, 2.24) is 19.7 Å². The number of nitrogens with zero attached hydrogens (tertiary/aromatic N) is 4. The van der Waals surface area contributed by atoms with Crippen molar-refractivity contribution in [3.8, 4) is 0 Å². The van der Waals surface area contributed by atoms with Crippen LogP contribution in [0.1, 0.15) is 5.56 Å². The van der Waals surface area contributed by atoms with Gasteiger partial charge in [0, 0.05) is 32.4 Å². The minimum atomic E-state index is -4.54. The number of nitrogens with one attached hydrogen (secondary N) is 1. The molecule has 1 aromatic carbocycles. The third-order valence-electron chi connectivity index (χ3n) is 5.26. The molecule has 1 saturated heterocycles. The van der Waals surface area contributed by atoms with Gasteiger partial charge in [-0.15, -0.1) is 0 Å². The number of anilines is 1. The molecule has 0 saturated carbocycles. The largest absolute Gasteiger partial charge is 0.417 e. The zero-order chi connectivity index (χ0) is 23.0. The number of alkyl halides is 3. The Morgan fingerprint density at radius 2 is 1.75 bits per heavy atom. The average molecular weight is 468 g/mol. The highest BCUT2D eigenvalue weighted by atomic mass is 35.5. The summed E-state index contributed by atoms with van der Waals surface area (Å²) in [7, 11) is 0. The van der Waals surface area contributed by atoms with E-state index < -0.39 is 22.9 Å². The van der Waals surface area contributed by atoms with Crippen molar-refractivity contribution in [2.24, 2.45) is 0 Å². The molecule has 1 aliphatic heterocycles. The molecule has 0 radical (unpaired) electrons. The van der Waals surface area contributed by atoms with Crippen LogP contribution in [0.15, 0.2) is 46.1 Å². The van der Waals surface area contributed by atoms with Gasteiger partial charge in [-0.25, -0.2) is 9.67 Å². The summed E-state index contributed by atoms with van der Waals surface area (Å²) >= 11 is 6.00. The first-order valence-electron chi connectivity index (χ1n) is 9.62. The first-order chi connectivity index (χ1) is 15.1. The SMILES string of the molecule is O=C(Cn1[nH]c(=O)c2ccccc2c1=O)N1CCN(c2ncc(C(F)(F)F)cc2Cl)CC1. The summed E-state index contributed by atoms with van der Waals surface area (Å²) in [5.41, 5.74) is -1.89. The fourth-order valence-electron chi connectivity index (χ4n) is 3.58. The van der Waals surface area contributed by atoms with E-state index in [9.17, 15) is 27.6 Å². The standard InChI is InChI=1S/C20H17ClF3N5O3/c21-15-9-12(20(22,23)24)10-25-17(15)28-7-5-27(6-8-28)16(30)11-29-19(32)14-4-2-1-3-13(14)18(31)26-29/h1-4,9-10H,5-8,11H2,(H,26,31). The number of aromatic amines is 1. The lowest BCUT2D eigenvalue weighted by atomic mass is 10.2. The molecule has 0 spiro atoms. The van der Waals surface area contributed by atoms with E-state index in [2.05, 4.69) is 10.1 Å². The fourth-order valence-corrected chi connectivity index (χ4v) is 3.87. The molecular formula is C20H17ClF3N5O3. The summed E-state index contributed by atoms with van der Waals surface area (Å²) in [4.78, 5) is 44.5. The maximum absolute atomic E-state index is 12.8. The first-order valence-corrected chi connectivity index (χ1v) is 10.0. The third-order valence-corrected chi connectivity index (χ3v) is 5.54. The van der Waals surface area contributed by atoms with Crippen molar-refractivity contribution in [2.45, 2.75) is 12.7 Å². The van der Waals surface area contributed by atoms with Crippen molar-refractivity contribution in [3.05, 3.63) is 67.8 Å². The molecule has 1 aliphatic rings. The molecule has 4 rings (SSSR count). The van der Waals surface area contributed by atoms with E-state index in [1.807, 2.05) is 0 Å². The topological polar surface area (TPSA) is 91.3 Å². The van der Waals surface area contributed by atoms with Gasteiger partial charge in [0.25, 0.3) is 11.1 Å². The van der Waals surface area contributed by atoms with E-state index in [1.54, 1.807) is 17.0 Å². The number of aromatic nitrogens is 3. The Kier molecular flexibility index (Phi) is 5.68. The van der Waals surface area contributed by atoms with Crippen LogP contribution in [0.25, 0.3) is 10.8 Å². The lowest BCUT2D eigenvalue weighted by molar-refractivity contribution is -0.138. The van der Waals surface area contributed by atoms with Crippen molar-refractivity contribution >= 4 is 34.1 Å². The van der Waals surface area contributed by atoms with Crippen molar-refractivity contribution in [1.29, 1.82) is 0 Å². The van der Waals surface area contributed by atoms with Crippen LogP contribution in [0.3, 0.4) is 0 Å². The van der Waals surface area contributed by atoms with E-state index in [-0.39, 0.29) is 47.2 Å². The maximum atomic E-state index is 12.8. The van der Waals surface area contributed by atoms with Gasteiger partial charge < -0.3 is 9.80 Å².